The Morgan fingerprint density at radius 3 is 2.89 bits per heavy atom. The molecule has 2 heteroatoms. The van der Waals surface area contributed by atoms with Crippen LogP contribution in [0.4, 0.5) is 0 Å². The van der Waals surface area contributed by atoms with Gasteiger partial charge in [0.1, 0.15) is 0 Å². The Morgan fingerprint density at radius 1 is 1.78 bits per heavy atom. The van der Waals surface area contributed by atoms with Crippen molar-refractivity contribution < 1.29 is 4.79 Å². The minimum absolute atomic E-state index is 0.131. The van der Waals surface area contributed by atoms with E-state index in [0.29, 0.717) is 6.54 Å². The molecule has 0 aliphatic carbocycles. The summed E-state index contributed by atoms with van der Waals surface area (Å²) in [6, 6.07) is 0. The Hall–Kier alpha value is -1.05. The Morgan fingerprint density at radius 2 is 2.44 bits per heavy atom. The molecule has 1 N–H and O–H groups in total. The lowest BCUT2D eigenvalue weighted by atomic mass is 10.5. The Labute approximate surface area is 55.3 Å². The zero-order valence-electron chi connectivity index (χ0n) is 5.55. The first-order valence-corrected chi connectivity index (χ1v) is 2.82. The van der Waals surface area contributed by atoms with Crippen molar-refractivity contribution in [3.05, 3.63) is 24.8 Å². The maximum absolute atomic E-state index is 10.4. The first-order valence-electron chi connectivity index (χ1n) is 2.82. The number of hydrogen-bond donors (Lipinski definition) is 1. The van der Waals surface area contributed by atoms with E-state index in [0.717, 1.165) is 0 Å². The van der Waals surface area contributed by atoms with Gasteiger partial charge >= 0.3 is 0 Å². The molecule has 0 aromatic carbocycles. The van der Waals surface area contributed by atoms with Crippen molar-refractivity contribution in [1.82, 2.24) is 5.32 Å². The molecule has 0 rings (SSSR count). The molecule has 0 fully saturated rings. The normalized spacial score (nSPS) is 9.44. The molecule has 0 saturated carbocycles. The molecule has 1 amide bonds. The molecule has 0 spiro atoms. The summed E-state index contributed by atoms with van der Waals surface area (Å²) in [5, 5.41) is 2.59. The molecule has 9 heavy (non-hydrogen) atoms. The molecular formula is C7H11NO. The van der Waals surface area contributed by atoms with Crippen molar-refractivity contribution in [3.63, 3.8) is 0 Å². The maximum Gasteiger partial charge on any atom is 0.243 e. The van der Waals surface area contributed by atoms with Gasteiger partial charge in [-0.15, -0.1) is 0 Å². The lowest BCUT2D eigenvalue weighted by molar-refractivity contribution is -0.116. The van der Waals surface area contributed by atoms with Crippen LogP contribution in [0.5, 0.6) is 0 Å². The monoisotopic (exact) mass is 125 g/mol. The molecule has 0 atom stereocenters. The second kappa shape index (κ2) is 5.09. The van der Waals surface area contributed by atoms with Crippen molar-refractivity contribution >= 4 is 5.91 Å². The quantitative estimate of drug-likeness (QED) is 0.440. The summed E-state index contributed by atoms with van der Waals surface area (Å²) >= 11 is 0. The molecule has 0 heterocycles. The van der Waals surface area contributed by atoms with Gasteiger partial charge in [0.15, 0.2) is 0 Å². The van der Waals surface area contributed by atoms with Crippen molar-refractivity contribution in [2.24, 2.45) is 0 Å². The molecule has 50 valence electrons. The van der Waals surface area contributed by atoms with E-state index >= 15 is 0 Å². The van der Waals surface area contributed by atoms with E-state index in [-0.39, 0.29) is 5.91 Å². The zero-order valence-corrected chi connectivity index (χ0v) is 5.55. The SMILES string of the molecule is C=CC(=O)NCC=CC. The fourth-order valence-electron chi connectivity index (χ4n) is 0.350. The third-order valence-electron chi connectivity index (χ3n) is 0.815. The summed E-state index contributed by atoms with van der Waals surface area (Å²) in [5.41, 5.74) is 0. The van der Waals surface area contributed by atoms with Crippen LogP contribution in [0.15, 0.2) is 24.8 Å². The molecule has 0 bridgehead atoms. The van der Waals surface area contributed by atoms with Crippen LogP contribution in [0, 0.1) is 0 Å². The smallest absolute Gasteiger partial charge is 0.243 e. The summed E-state index contributed by atoms with van der Waals surface area (Å²) in [6.07, 6.45) is 4.99. The summed E-state index contributed by atoms with van der Waals surface area (Å²) in [6.45, 7) is 5.79. The van der Waals surface area contributed by atoms with E-state index in [1.165, 1.54) is 6.08 Å². The van der Waals surface area contributed by atoms with Gasteiger partial charge < -0.3 is 5.32 Å². The van der Waals surface area contributed by atoms with Gasteiger partial charge in [0.2, 0.25) is 5.91 Å². The lowest BCUT2D eigenvalue weighted by Crippen LogP contribution is -2.20. The second-order valence-corrected chi connectivity index (χ2v) is 1.52. The maximum atomic E-state index is 10.4. The van der Waals surface area contributed by atoms with Crippen LogP contribution in [0.3, 0.4) is 0 Å². The molecule has 0 unspecified atom stereocenters. The van der Waals surface area contributed by atoms with Gasteiger partial charge in [0, 0.05) is 6.54 Å². The van der Waals surface area contributed by atoms with Crippen LogP contribution >= 0.6 is 0 Å². The minimum Gasteiger partial charge on any atom is -0.349 e. The number of carbonyl (C=O) groups is 1. The number of hydrogen-bond acceptors (Lipinski definition) is 1. The van der Waals surface area contributed by atoms with Gasteiger partial charge in [0.25, 0.3) is 0 Å². The topological polar surface area (TPSA) is 29.1 Å². The fraction of sp³-hybridized carbons (Fsp3) is 0.286. The molecule has 2 nitrogen and oxygen atoms in total. The lowest BCUT2D eigenvalue weighted by Gasteiger charge is -1.92. The average molecular weight is 125 g/mol. The fourth-order valence-corrected chi connectivity index (χ4v) is 0.350. The standard InChI is InChI=1S/C7H11NO/c1-3-5-6-8-7(9)4-2/h3-5H,2,6H2,1H3,(H,8,9). The van der Waals surface area contributed by atoms with Crippen LogP contribution in [-0.4, -0.2) is 12.5 Å². The molecule has 0 aliphatic heterocycles. The van der Waals surface area contributed by atoms with E-state index in [1.807, 2.05) is 19.1 Å². The third kappa shape index (κ3) is 4.81. The van der Waals surface area contributed by atoms with Crippen molar-refractivity contribution in [2.75, 3.05) is 6.54 Å². The third-order valence-corrected chi connectivity index (χ3v) is 0.815. The second-order valence-electron chi connectivity index (χ2n) is 1.52. The highest BCUT2D eigenvalue weighted by molar-refractivity contribution is 5.86. The molecular weight excluding hydrogens is 114 g/mol. The molecule has 0 aromatic heterocycles. The van der Waals surface area contributed by atoms with Crippen molar-refractivity contribution in [1.29, 1.82) is 0 Å². The zero-order chi connectivity index (χ0) is 7.11. The van der Waals surface area contributed by atoms with Crippen molar-refractivity contribution in [2.45, 2.75) is 6.92 Å². The predicted octanol–water partition coefficient (Wildman–Crippen LogP) is 0.865. The van der Waals surface area contributed by atoms with Crippen molar-refractivity contribution in [3.8, 4) is 0 Å². The van der Waals surface area contributed by atoms with Crippen LogP contribution in [0.1, 0.15) is 6.92 Å². The highest BCUT2D eigenvalue weighted by atomic mass is 16.1. The van der Waals surface area contributed by atoms with E-state index in [4.69, 9.17) is 0 Å². The van der Waals surface area contributed by atoms with Gasteiger partial charge in [0.05, 0.1) is 0 Å². The molecule has 0 radical (unpaired) electrons. The molecule has 0 aromatic rings. The highest BCUT2D eigenvalue weighted by Crippen LogP contribution is 1.68. The summed E-state index contributed by atoms with van der Waals surface area (Å²) < 4.78 is 0. The van der Waals surface area contributed by atoms with E-state index in [2.05, 4.69) is 11.9 Å². The first-order chi connectivity index (χ1) is 4.31. The Balaban J connectivity index is 3.27. The molecule has 0 aliphatic rings. The number of nitrogens with one attached hydrogen (secondary N) is 1. The number of carbonyl (C=O) groups excluding carboxylic acids is 1. The van der Waals surface area contributed by atoms with E-state index in [9.17, 15) is 4.79 Å². The molecule has 0 saturated heterocycles. The van der Waals surface area contributed by atoms with E-state index < -0.39 is 0 Å². The van der Waals surface area contributed by atoms with Gasteiger partial charge in [-0.1, -0.05) is 18.7 Å². The highest BCUT2D eigenvalue weighted by Gasteiger charge is 1.85. The van der Waals surface area contributed by atoms with Gasteiger partial charge in [-0.25, -0.2) is 0 Å². The summed E-state index contributed by atoms with van der Waals surface area (Å²) in [7, 11) is 0. The van der Waals surface area contributed by atoms with Crippen LogP contribution in [0.2, 0.25) is 0 Å². The average Bonchev–Trinajstić information content (AvgIpc) is 1.89. The number of allylic oxidation sites excluding steroid dienone is 1. The number of amides is 1. The van der Waals surface area contributed by atoms with Crippen LogP contribution in [0.25, 0.3) is 0 Å². The Kier molecular flexibility index (Phi) is 4.50. The van der Waals surface area contributed by atoms with Crippen LogP contribution < -0.4 is 5.32 Å². The van der Waals surface area contributed by atoms with E-state index in [1.54, 1.807) is 0 Å². The van der Waals surface area contributed by atoms with Crippen LogP contribution in [-0.2, 0) is 4.79 Å². The first kappa shape index (κ1) is 7.95. The Bertz CT molecular complexity index is 127. The minimum atomic E-state index is -0.131. The summed E-state index contributed by atoms with van der Waals surface area (Å²) in [4.78, 5) is 10.4. The number of rotatable bonds is 3. The predicted molar refractivity (Wildman–Crippen MR) is 38.0 cm³/mol. The van der Waals surface area contributed by atoms with Gasteiger partial charge in [-0.05, 0) is 13.0 Å². The van der Waals surface area contributed by atoms with Gasteiger partial charge in [-0.3, -0.25) is 4.79 Å². The largest absolute Gasteiger partial charge is 0.349 e. The van der Waals surface area contributed by atoms with Gasteiger partial charge in [-0.2, -0.15) is 0 Å². The summed E-state index contributed by atoms with van der Waals surface area (Å²) in [5.74, 6) is -0.131.